The van der Waals surface area contributed by atoms with Crippen LogP contribution in [0.2, 0.25) is 0 Å². The van der Waals surface area contributed by atoms with Crippen molar-refractivity contribution in [2.24, 2.45) is 11.8 Å². The lowest BCUT2D eigenvalue weighted by Gasteiger charge is -2.24. The molecule has 1 amide bonds. The number of carbonyl (C=O) groups is 2. The molecule has 1 aliphatic rings. The van der Waals surface area contributed by atoms with Crippen LogP contribution >= 0.6 is 0 Å². The van der Waals surface area contributed by atoms with Crippen LogP contribution in [-0.2, 0) is 9.59 Å². The Hall–Kier alpha value is -2.35. The maximum Gasteiger partial charge on any atom is 0.307 e. The molecule has 0 heterocycles. The van der Waals surface area contributed by atoms with Gasteiger partial charge in [0.15, 0.2) is 0 Å². The molecule has 0 aliphatic heterocycles. The Morgan fingerprint density at radius 1 is 1.30 bits per heavy atom. The molecular formula is C15H16N2O3. The molecule has 0 unspecified atom stereocenters. The highest BCUT2D eigenvalue weighted by Crippen LogP contribution is 2.34. The van der Waals surface area contributed by atoms with Crippen LogP contribution in [0.1, 0.15) is 24.8 Å². The van der Waals surface area contributed by atoms with Gasteiger partial charge in [0.1, 0.15) is 6.07 Å². The van der Waals surface area contributed by atoms with Crippen LogP contribution in [0, 0.1) is 23.2 Å². The number of benzene rings is 1. The van der Waals surface area contributed by atoms with E-state index in [9.17, 15) is 9.59 Å². The van der Waals surface area contributed by atoms with Crippen LogP contribution in [0.4, 0.5) is 5.69 Å². The molecule has 2 atom stereocenters. The summed E-state index contributed by atoms with van der Waals surface area (Å²) in [5.74, 6) is -2.25. The van der Waals surface area contributed by atoms with E-state index < -0.39 is 17.8 Å². The standard InChI is InChI=1S/C15H16N2O3/c1-17(13-8-3-2-5-10(13)9-16)14(18)11-6-4-7-12(11)15(19)20/h2-3,5,8,11-12H,4,6-7H2,1H3,(H,19,20)/t11-,12+/m1/s1. The molecule has 1 N–H and O–H groups in total. The first kappa shape index (κ1) is 14.1. The molecule has 5 heteroatoms. The second-order valence-electron chi connectivity index (χ2n) is 5.01. The number of aliphatic carboxylic acids is 1. The minimum absolute atomic E-state index is 0.224. The van der Waals surface area contributed by atoms with E-state index in [0.717, 1.165) is 6.42 Å². The third-order valence-electron chi connectivity index (χ3n) is 3.87. The second-order valence-corrected chi connectivity index (χ2v) is 5.01. The predicted octanol–water partition coefficient (Wildman–Crippen LogP) is 2.02. The first-order valence-corrected chi connectivity index (χ1v) is 6.55. The maximum absolute atomic E-state index is 12.5. The van der Waals surface area contributed by atoms with Gasteiger partial charge >= 0.3 is 5.97 Å². The van der Waals surface area contributed by atoms with Crippen molar-refractivity contribution in [1.82, 2.24) is 0 Å². The summed E-state index contributed by atoms with van der Waals surface area (Å²) in [7, 11) is 1.59. The fourth-order valence-corrected chi connectivity index (χ4v) is 2.78. The molecular weight excluding hydrogens is 256 g/mol. The number of carbonyl (C=O) groups excluding carboxylic acids is 1. The summed E-state index contributed by atoms with van der Waals surface area (Å²) in [4.78, 5) is 25.1. The molecule has 1 aliphatic carbocycles. The molecule has 1 fully saturated rings. The molecule has 1 saturated carbocycles. The zero-order valence-electron chi connectivity index (χ0n) is 11.2. The van der Waals surface area contributed by atoms with Crippen LogP contribution in [0.15, 0.2) is 24.3 Å². The van der Waals surface area contributed by atoms with Crippen molar-refractivity contribution < 1.29 is 14.7 Å². The van der Waals surface area contributed by atoms with Gasteiger partial charge in [0.05, 0.1) is 23.1 Å². The van der Waals surface area contributed by atoms with Crippen molar-refractivity contribution in [3.05, 3.63) is 29.8 Å². The van der Waals surface area contributed by atoms with E-state index in [1.54, 1.807) is 31.3 Å². The summed E-state index contributed by atoms with van der Waals surface area (Å²) >= 11 is 0. The first-order chi connectivity index (χ1) is 9.56. The first-order valence-electron chi connectivity index (χ1n) is 6.55. The Morgan fingerprint density at radius 2 is 1.95 bits per heavy atom. The van der Waals surface area contributed by atoms with Crippen LogP contribution < -0.4 is 4.90 Å². The number of carboxylic acid groups (broad SMARTS) is 1. The average Bonchev–Trinajstić information content (AvgIpc) is 2.95. The Balaban J connectivity index is 2.25. The maximum atomic E-state index is 12.5. The van der Waals surface area contributed by atoms with E-state index in [-0.39, 0.29) is 5.91 Å². The van der Waals surface area contributed by atoms with Gasteiger partial charge in [-0.1, -0.05) is 18.6 Å². The summed E-state index contributed by atoms with van der Waals surface area (Å²) in [5.41, 5.74) is 0.935. The largest absolute Gasteiger partial charge is 0.481 e. The Kier molecular flexibility index (Phi) is 4.04. The summed E-state index contributed by atoms with van der Waals surface area (Å²) in [6, 6.07) is 8.87. The van der Waals surface area contributed by atoms with Crippen LogP contribution in [-0.4, -0.2) is 24.0 Å². The second kappa shape index (κ2) is 5.74. The van der Waals surface area contributed by atoms with Crippen molar-refractivity contribution in [1.29, 1.82) is 5.26 Å². The molecule has 0 saturated heterocycles. The predicted molar refractivity (Wildman–Crippen MR) is 73.0 cm³/mol. The molecule has 0 bridgehead atoms. The SMILES string of the molecule is CN(C(=O)[C@@H]1CCC[C@@H]1C(=O)O)c1ccccc1C#N. The van der Waals surface area contributed by atoms with Crippen molar-refractivity contribution in [3.63, 3.8) is 0 Å². The molecule has 0 aromatic heterocycles. The number of rotatable bonds is 3. The topological polar surface area (TPSA) is 81.4 Å². The molecule has 0 spiro atoms. The highest BCUT2D eigenvalue weighted by atomic mass is 16.4. The molecule has 20 heavy (non-hydrogen) atoms. The van der Waals surface area contributed by atoms with Crippen LogP contribution in [0.3, 0.4) is 0 Å². The van der Waals surface area contributed by atoms with E-state index in [4.69, 9.17) is 10.4 Å². The lowest BCUT2D eigenvalue weighted by atomic mass is 9.94. The number of hydrogen-bond acceptors (Lipinski definition) is 3. The fraction of sp³-hybridized carbons (Fsp3) is 0.400. The third kappa shape index (κ3) is 2.50. The van der Waals surface area contributed by atoms with Gasteiger partial charge in [-0.3, -0.25) is 9.59 Å². The van der Waals surface area contributed by atoms with Gasteiger partial charge in [0, 0.05) is 7.05 Å². The summed E-state index contributed by atoms with van der Waals surface area (Å²) in [6.45, 7) is 0. The normalized spacial score (nSPS) is 21.2. The summed E-state index contributed by atoms with van der Waals surface area (Å²) in [6.07, 6.45) is 1.88. The van der Waals surface area contributed by atoms with E-state index in [1.807, 2.05) is 6.07 Å². The number of amides is 1. The average molecular weight is 272 g/mol. The summed E-state index contributed by atoms with van der Waals surface area (Å²) in [5, 5.41) is 18.2. The Bertz CT molecular complexity index is 577. The lowest BCUT2D eigenvalue weighted by Crippen LogP contribution is -2.37. The van der Waals surface area contributed by atoms with Crippen molar-refractivity contribution in [2.75, 3.05) is 11.9 Å². The van der Waals surface area contributed by atoms with Gasteiger partial charge in [-0.05, 0) is 25.0 Å². The van der Waals surface area contributed by atoms with Gasteiger partial charge in [-0.25, -0.2) is 0 Å². The van der Waals surface area contributed by atoms with Crippen molar-refractivity contribution in [2.45, 2.75) is 19.3 Å². The van der Waals surface area contributed by atoms with Gasteiger partial charge in [0.25, 0.3) is 0 Å². The molecule has 1 aromatic carbocycles. The number of carboxylic acids is 1. The fourth-order valence-electron chi connectivity index (χ4n) is 2.78. The Labute approximate surface area is 117 Å². The number of anilines is 1. The minimum atomic E-state index is -0.914. The highest BCUT2D eigenvalue weighted by Gasteiger charge is 2.39. The van der Waals surface area contributed by atoms with Crippen molar-refractivity contribution in [3.8, 4) is 6.07 Å². The van der Waals surface area contributed by atoms with Crippen LogP contribution in [0.5, 0.6) is 0 Å². The number of nitriles is 1. The zero-order chi connectivity index (χ0) is 14.7. The van der Waals surface area contributed by atoms with E-state index in [0.29, 0.717) is 24.1 Å². The van der Waals surface area contributed by atoms with Crippen molar-refractivity contribution >= 4 is 17.6 Å². The zero-order valence-corrected chi connectivity index (χ0v) is 11.2. The smallest absolute Gasteiger partial charge is 0.307 e. The van der Waals surface area contributed by atoms with Gasteiger partial charge in [0.2, 0.25) is 5.91 Å². The van der Waals surface area contributed by atoms with Crippen LogP contribution in [0.25, 0.3) is 0 Å². The summed E-state index contributed by atoms with van der Waals surface area (Å²) < 4.78 is 0. The van der Waals surface area contributed by atoms with E-state index in [2.05, 4.69) is 0 Å². The van der Waals surface area contributed by atoms with Gasteiger partial charge < -0.3 is 10.0 Å². The molecule has 0 radical (unpaired) electrons. The number of hydrogen-bond donors (Lipinski definition) is 1. The number of para-hydroxylation sites is 1. The molecule has 2 rings (SSSR count). The van der Waals surface area contributed by atoms with E-state index in [1.165, 1.54) is 4.90 Å². The van der Waals surface area contributed by atoms with E-state index >= 15 is 0 Å². The van der Waals surface area contributed by atoms with Gasteiger partial charge in [-0.15, -0.1) is 0 Å². The number of nitrogens with zero attached hydrogens (tertiary/aromatic N) is 2. The monoisotopic (exact) mass is 272 g/mol. The van der Waals surface area contributed by atoms with Gasteiger partial charge in [-0.2, -0.15) is 5.26 Å². The molecule has 1 aromatic rings. The minimum Gasteiger partial charge on any atom is -0.481 e. The quantitative estimate of drug-likeness (QED) is 0.912. The lowest BCUT2D eigenvalue weighted by molar-refractivity contribution is -0.145. The third-order valence-corrected chi connectivity index (χ3v) is 3.87. The molecule has 5 nitrogen and oxygen atoms in total. The Morgan fingerprint density at radius 3 is 2.60 bits per heavy atom. The highest BCUT2D eigenvalue weighted by molar-refractivity contribution is 5.98. The molecule has 104 valence electrons.